The highest BCUT2D eigenvalue weighted by molar-refractivity contribution is 7.13. The highest BCUT2D eigenvalue weighted by atomic mass is 32.1. The molecule has 0 fully saturated rings. The lowest BCUT2D eigenvalue weighted by Gasteiger charge is -2.11. The number of ether oxygens (including phenoxy) is 1. The van der Waals surface area contributed by atoms with Crippen molar-refractivity contribution in [3.63, 3.8) is 0 Å². The number of thiophene rings is 1. The van der Waals surface area contributed by atoms with Crippen LogP contribution in [0.5, 0.6) is 17.4 Å². The number of aromatic nitrogens is 2. The van der Waals surface area contributed by atoms with Crippen molar-refractivity contribution in [3.8, 4) is 28.1 Å². The van der Waals surface area contributed by atoms with Gasteiger partial charge in [0.1, 0.15) is 5.75 Å². The third-order valence-corrected chi connectivity index (χ3v) is 4.27. The zero-order valence-corrected chi connectivity index (χ0v) is 14.7. The van der Waals surface area contributed by atoms with Crippen LogP contribution >= 0.6 is 11.3 Å². The lowest BCUT2D eigenvalue weighted by atomic mass is 10.2. The third-order valence-electron chi connectivity index (χ3n) is 3.41. The number of nitrogens with one attached hydrogen (secondary N) is 1. The fourth-order valence-electron chi connectivity index (χ4n) is 2.24. The average molecular weight is 411 g/mol. The van der Waals surface area contributed by atoms with Gasteiger partial charge in [-0.3, -0.25) is 4.79 Å². The van der Waals surface area contributed by atoms with Gasteiger partial charge < -0.3 is 20.3 Å². The van der Waals surface area contributed by atoms with Gasteiger partial charge in [-0.05, 0) is 29.1 Å². The standard InChI is InChI=1S/C17H12F3N3O4S/c18-17(19,20)27-10-4-1-3-9(7-10)8-21-15(25)12-13(24)16(26)23-14(22-12)11-5-2-6-28-11/h1-7,24H,8H2,(H,21,25)(H,22,23,26). The summed E-state index contributed by atoms with van der Waals surface area (Å²) in [6, 6.07) is 8.46. The molecule has 0 spiro atoms. The molecular formula is C17H12F3N3O4S. The molecule has 0 aliphatic rings. The van der Waals surface area contributed by atoms with Gasteiger partial charge in [0.25, 0.3) is 11.8 Å². The summed E-state index contributed by atoms with van der Waals surface area (Å²) in [7, 11) is 0. The molecule has 11 heteroatoms. The molecule has 3 aromatic rings. The average Bonchev–Trinajstić information content (AvgIpc) is 3.15. The number of benzene rings is 1. The molecule has 7 nitrogen and oxygen atoms in total. The van der Waals surface area contributed by atoms with E-state index in [-0.39, 0.29) is 12.4 Å². The van der Waals surface area contributed by atoms with Gasteiger partial charge in [-0.25, -0.2) is 4.98 Å². The van der Waals surface area contributed by atoms with Gasteiger partial charge >= 0.3 is 6.36 Å². The SMILES string of the molecule is O=C(NCc1cccc(OC(F)(F)F)c1)c1nc(-c2cccs2)nc(O)c1O. The van der Waals surface area contributed by atoms with Crippen LogP contribution in [0.1, 0.15) is 16.1 Å². The van der Waals surface area contributed by atoms with Crippen LogP contribution in [0.3, 0.4) is 0 Å². The molecule has 0 radical (unpaired) electrons. The van der Waals surface area contributed by atoms with E-state index in [2.05, 4.69) is 20.0 Å². The van der Waals surface area contributed by atoms with Gasteiger partial charge in [-0.15, -0.1) is 24.5 Å². The van der Waals surface area contributed by atoms with Crippen LogP contribution in [0, 0.1) is 0 Å². The minimum Gasteiger partial charge on any atom is -0.501 e. The van der Waals surface area contributed by atoms with Gasteiger partial charge in [0.05, 0.1) is 4.88 Å². The lowest BCUT2D eigenvalue weighted by molar-refractivity contribution is -0.274. The molecule has 146 valence electrons. The number of rotatable bonds is 5. The molecule has 3 rings (SSSR count). The molecule has 0 atom stereocenters. The summed E-state index contributed by atoms with van der Waals surface area (Å²) in [4.78, 5) is 20.6. The Morgan fingerprint density at radius 2 is 1.96 bits per heavy atom. The highest BCUT2D eigenvalue weighted by Gasteiger charge is 2.31. The maximum absolute atomic E-state index is 12.3. The molecule has 0 saturated heterocycles. The van der Waals surface area contributed by atoms with Crippen LogP contribution < -0.4 is 10.1 Å². The van der Waals surface area contributed by atoms with E-state index in [4.69, 9.17) is 0 Å². The van der Waals surface area contributed by atoms with Crippen molar-refractivity contribution in [2.24, 2.45) is 0 Å². The Balaban J connectivity index is 1.76. The Morgan fingerprint density at radius 1 is 1.18 bits per heavy atom. The van der Waals surface area contributed by atoms with E-state index in [9.17, 15) is 28.2 Å². The van der Waals surface area contributed by atoms with Crippen LogP contribution in [0.4, 0.5) is 13.2 Å². The molecule has 2 aromatic heterocycles. The van der Waals surface area contributed by atoms with Gasteiger partial charge in [-0.1, -0.05) is 18.2 Å². The molecule has 0 bridgehead atoms. The Kier molecular flexibility index (Phi) is 5.36. The quantitative estimate of drug-likeness (QED) is 0.594. The van der Waals surface area contributed by atoms with E-state index >= 15 is 0 Å². The van der Waals surface area contributed by atoms with E-state index in [0.717, 1.165) is 12.1 Å². The second kappa shape index (κ2) is 7.72. The summed E-state index contributed by atoms with van der Waals surface area (Å²) in [5, 5.41) is 23.8. The first-order valence-electron chi connectivity index (χ1n) is 7.69. The molecule has 0 saturated carbocycles. The number of amides is 1. The monoisotopic (exact) mass is 411 g/mol. The number of alkyl halides is 3. The van der Waals surface area contributed by atoms with Crippen molar-refractivity contribution in [2.45, 2.75) is 12.9 Å². The molecule has 2 heterocycles. The number of nitrogens with zero attached hydrogens (tertiary/aromatic N) is 2. The smallest absolute Gasteiger partial charge is 0.501 e. The summed E-state index contributed by atoms with van der Waals surface area (Å²) in [5.74, 6) is -2.77. The first-order valence-corrected chi connectivity index (χ1v) is 8.57. The van der Waals surface area contributed by atoms with Crippen molar-refractivity contribution in [1.29, 1.82) is 0 Å². The molecular weight excluding hydrogens is 399 g/mol. The predicted molar refractivity (Wildman–Crippen MR) is 93.0 cm³/mol. The van der Waals surface area contributed by atoms with Crippen molar-refractivity contribution in [3.05, 3.63) is 53.0 Å². The molecule has 1 amide bonds. The largest absolute Gasteiger partial charge is 0.573 e. The number of carbonyl (C=O) groups is 1. The minimum absolute atomic E-state index is 0.0519. The van der Waals surface area contributed by atoms with E-state index in [1.807, 2.05) is 0 Å². The maximum atomic E-state index is 12.3. The van der Waals surface area contributed by atoms with Crippen molar-refractivity contribution in [1.82, 2.24) is 15.3 Å². The second-order valence-corrected chi connectivity index (χ2v) is 6.37. The van der Waals surface area contributed by atoms with Gasteiger partial charge in [0, 0.05) is 6.54 Å². The van der Waals surface area contributed by atoms with E-state index in [1.165, 1.54) is 23.5 Å². The first-order chi connectivity index (χ1) is 13.2. The van der Waals surface area contributed by atoms with Crippen LogP contribution in [-0.2, 0) is 6.54 Å². The van der Waals surface area contributed by atoms with Crippen molar-refractivity contribution < 1.29 is 32.9 Å². The zero-order chi connectivity index (χ0) is 20.3. The first kappa shape index (κ1) is 19.4. The van der Waals surface area contributed by atoms with Crippen LogP contribution in [0.2, 0.25) is 0 Å². The third kappa shape index (κ3) is 4.68. The summed E-state index contributed by atoms with van der Waals surface area (Å²) in [6.07, 6.45) is -4.83. The Labute approximate surface area is 160 Å². The van der Waals surface area contributed by atoms with E-state index in [1.54, 1.807) is 17.5 Å². The Bertz CT molecular complexity index is 994. The Morgan fingerprint density at radius 3 is 2.64 bits per heavy atom. The summed E-state index contributed by atoms with van der Waals surface area (Å²) in [6.45, 7) is -0.160. The van der Waals surface area contributed by atoms with Gasteiger partial charge in [-0.2, -0.15) is 4.98 Å². The van der Waals surface area contributed by atoms with Gasteiger partial charge in [0.15, 0.2) is 11.5 Å². The fourth-order valence-corrected chi connectivity index (χ4v) is 2.89. The zero-order valence-electron chi connectivity index (χ0n) is 13.9. The van der Waals surface area contributed by atoms with Crippen LogP contribution in [-0.4, -0.2) is 32.5 Å². The van der Waals surface area contributed by atoms with Gasteiger partial charge in [0.2, 0.25) is 5.75 Å². The number of aromatic hydroxyl groups is 2. The predicted octanol–water partition coefficient (Wildman–Crippen LogP) is 3.44. The molecule has 3 N–H and O–H groups in total. The maximum Gasteiger partial charge on any atom is 0.573 e. The minimum atomic E-state index is -4.83. The summed E-state index contributed by atoms with van der Waals surface area (Å²) in [5.41, 5.74) is -0.134. The topological polar surface area (TPSA) is 105 Å². The van der Waals surface area contributed by atoms with E-state index < -0.39 is 35.3 Å². The fraction of sp³-hybridized carbons (Fsp3) is 0.118. The van der Waals surface area contributed by atoms with E-state index in [0.29, 0.717) is 10.4 Å². The molecule has 28 heavy (non-hydrogen) atoms. The number of hydrogen-bond donors (Lipinski definition) is 3. The molecule has 0 aliphatic carbocycles. The number of halogens is 3. The Hall–Kier alpha value is -3.34. The van der Waals surface area contributed by atoms with Crippen molar-refractivity contribution in [2.75, 3.05) is 0 Å². The number of carbonyl (C=O) groups excluding carboxylic acids is 1. The summed E-state index contributed by atoms with van der Waals surface area (Å²) >= 11 is 1.27. The highest BCUT2D eigenvalue weighted by Crippen LogP contribution is 2.30. The lowest BCUT2D eigenvalue weighted by Crippen LogP contribution is -2.24. The summed E-state index contributed by atoms with van der Waals surface area (Å²) < 4.78 is 40.7. The molecule has 0 unspecified atom stereocenters. The second-order valence-electron chi connectivity index (χ2n) is 5.42. The van der Waals surface area contributed by atoms with Crippen LogP contribution in [0.15, 0.2) is 41.8 Å². The van der Waals surface area contributed by atoms with Crippen LogP contribution in [0.25, 0.3) is 10.7 Å². The normalized spacial score (nSPS) is 11.2. The van der Waals surface area contributed by atoms with Crippen molar-refractivity contribution >= 4 is 17.2 Å². The molecule has 1 aromatic carbocycles. The molecule has 0 aliphatic heterocycles. The number of hydrogen-bond acceptors (Lipinski definition) is 7.